The molecule has 0 aliphatic carbocycles. The summed E-state index contributed by atoms with van der Waals surface area (Å²) in [6, 6.07) is 25.3. The third kappa shape index (κ3) is 3.63. The summed E-state index contributed by atoms with van der Waals surface area (Å²) in [6.45, 7) is 0. The zero-order chi connectivity index (χ0) is 20.3. The predicted molar refractivity (Wildman–Crippen MR) is 122 cm³/mol. The zero-order valence-electron chi connectivity index (χ0n) is 15.8. The van der Waals surface area contributed by atoms with Gasteiger partial charge in [-0.15, -0.1) is 10.2 Å². The van der Waals surface area contributed by atoms with Gasteiger partial charge in [-0.1, -0.05) is 65.9 Å². The summed E-state index contributed by atoms with van der Waals surface area (Å²) < 4.78 is 0. The molecule has 0 atom stereocenters. The van der Waals surface area contributed by atoms with Crippen molar-refractivity contribution in [2.75, 3.05) is 16.4 Å². The van der Waals surface area contributed by atoms with E-state index in [9.17, 15) is 0 Å². The van der Waals surface area contributed by atoms with Gasteiger partial charge in [0.15, 0.2) is 0 Å². The van der Waals surface area contributed by atoms with Gasteiger partial charge in [0, 0.05) is 10.9 Å². The van der Waals surface area contributed by atoms with Crippen molar-refractivity contribution in [2.45, 2.75) is 0 Å². The molecule has 2 aromatic heterocycles. The first-order chi connectivity index (χ1) is 14.8. The summed E-state index contributed by atoms with van der Waals surface area (Å²) in [4.78, 5) is 9.28. The van der Waals surface area contributed by atoms with E-state index in [1.165, 1.54) is 11.3 Å². The number of para-hydroxylation sites is 3. The first kappa shape index (κ1) is 18.0. The Bertz CT molecular complexity index is 1320. The van der Waals surface area contributed by atoms with Crippen LogP contribution in [0.25, 0.3) is 21.5 Å². The van der Waals surface area contributed by atoms with Crippen LogP contribution in [-0.4, -0.2) is 20.2 Å². The molecule has 5 rings (SSSR count). The Kier molecular flexibility index (Phi) is 4.66. The topological polar surface area (TPSA) is 102 Å². The first-order valence-corrected chi connectivity index (χ1v) is 10.1. The average Bonchev–Trinajstić information content (AvgIpc) is 3.25. The number of hydrogen-bond acceptors (Lipinski definition) is 8. The highest BCUT2D eigenvalue weighted by atomic mass is 32.1. The minimum Gasteiger partial charge on any atom is -0.397 e. The van der Waals surface area contributed by atoms with Crippen LogP contribution in [0.15, 0.2) is 78.9 Å². The lowest BCUT2D eigenvalue weighted by atomic mass is 10.2. The fraction of sp³-hybridized carbons (Fsp3) is 0. The Morgan fingerprint density at radius 1 is 0.733 bits per heavy atom. The maximum atomic E-state index is 6.05. The van der Waals surface area contributed by atoms with E-state index in [0.717, 1.165) is 27.2 Å². The van der Waals surface area contributed by atoms with E-state index >= 15 is 0 Å². The molecule has 8 heteroatoms. The molecule has 0 aliphatic heterocycles. The van der Waals surface area contributed by atoms with Crippen LogP contribution in [0.2, 0.25) is 0 Å². The number of hydrogen-bond donors (Lipinski definition) is 3. The van der Waals surface area contributed by atoms with E-state index < -0.39 is 0 Å². The summed E-state index contributed by atoms with van der Waals surface area (Å²) in [6.07, 6.45) is 0. The number of benzene rings is 3. The Labute approximate surface area is 176 Å². The number of fused-ring (bicyclic) bond motifs is 1. The van der Waals surface area contributed by atoms with Crippen LogP contribution in [0.4, 0.5) is 28.3 Å². The highest BCUT2D eigenvalue weighted by molar-refractivity contribution is 7.18. The third-order valence-corrected chi connectivity index (χ3v) is 5.37. The Morgan fingerprint density at radius 2 is 1.50 bits per heavy atom. The van der Waals surface area contributed by atoms with Gasteiger partial charge in [-0.25, -0.2) is 4.98 Å². The number of anilines is 5. The second-order valence-electron chi connectivity index (χ2n) is 6.53. The molecule has 0 unspecified atom stereocenters. The standard InChI is InChI=1S/C22H17N7S/c23-16-11-5-7-13-18(16)25-21-24-17-12-6-4-10-15(17)19(26-21)27-22-29-28-20(30-22)14-8-2-1-3-9-14/h1-13H,23H2,(H2,24,25,26,27,29). The number of nitrogen functional groups attached to an aromatic ring is 1. The molecule has 0 bridgehead atoms. The van der Waals surface area contributed by atoms with Crippen molar-refractivity contribution in [3.63, 3.8) is 0 Å². The second-order valence-corrected chi connectivity index (χ2v) is 7.51. The van der Waals surface area contributed by atoms with Gasteiger partial charge in [0.25, 0.3) is 0 Å². The Morgan fingerprint density at radius 3 is 2.37 bits per heavy atom. The van der Waals surface area contributed by atoms with E-state index in [-0.39, 0.29) is 0 Å². The van der Waals surface area contributed by atoms with Crippen LogP contribution in [0.3, 0.4) is 0 Å². The fourth-order valence-electron chi connectivity index (χ4n) is 3.03. The first-order valence-electron chi connectivity index (χ1n) is 9.30. The number of nitrogens with one attached hydrogen (secondary N) is 2. The van der Waals surface area contributed by atoms with Crippen molar-refractivity contribution in [2.24, 2.45) is 0 Å². The lowest BCUT2D eigenvalue weighted by molar-refractivity contribution is 1.09. The van der Waals surface area contributed by atoms with Crippen LogP contribution in [-0.2, 0) is 0 Å². The maximum Gasteiger partial charge on any atom is 0.229 e. The highest BCUT2D eigenvalue weighted by Gasteiger charge is 2.12. The summed E-state index contributed by atoms with van der Waals surface area (Å²) in [5.74, 6) is 1.09. The average molecular weight is 411 g/mol. The molecule has 0 aliphatic rings. The van der Waals surface area contributed by atoms with Crippen LogP contribution < -0.4 is 16.4 Å². The van der Waals surface area contributed by atoms with E-state index in [1.807, 2.05) is 78.9 Å². The molecule has 30 heavy (non-hydrogen) atoms. The minimum absolute atomic E-state index is 0.446. The van der Waals surface area contributed by atoms with Crippen molar-refractivity contribution in [3.8, 4) is 10.6 Å². The predicted octanol–water partition coefficient (Wildman–Crippen LogP) is 5.22. The molecule has 0 amide bonds. The number of rotatable bonds is 5. The summed E-state index contributed by atoms with van der Waals surface area (Å²) in [5.41, 5.74) is 9.26. The summed E-state index contributed by atoms with van der Waals surface area (Å²) in [7, 11) is 0. The second kappa shape index (κ2) is 7.76. The van der Waals surface area contributed by atoms with E-state index in [4.69, 9.17) is 5.73 Å². The van der Waals surface area contributed by atoms with Gasteiger partial charge in [0.05, 0.1) is 16.9 Å². The zero-order valence-corrected chi connectivity index (χ0v) is 16.6. The number of nitrogens with zero attached hydrogens (tertiary/aromatic N) is 4. The lowest BCUT2D eigenvalue weighted by Crippen LogP contribution is -2.03. The van der Waals surface area contributed by atoms with Crippen molar-refractivity contribution in [1.82, 2.24) is 20.2 Å². The minimum atomic E-state index is 0.446. The summed E-state index contributed by atoms with van der Waals surface area (Å²) >= 11 is 1.47. The van der Waals surface area contributed by atoms with Crippen LogP contribution in [0, 0.1) is 0 Å². The molecule has 0 radical (unpaired) electrons. The molecule has 2 heterocycles. The van der Waals surface area contributed by atoms with Gasteiger partial charge in [0.2, 0.25) is 11.1 Å². The molecule has 0 fully saturated rings. The Hall–Kier alpha value is -4.04. The number of nitrogens with two attached hydrogens (primary N) is 1. The smallest absolute Gasteiger partial charge is 0.229 e. The van der Waals surface area contributed by atoms with Crippen molar-refractivity contribution in [3.05, 3.63) is 78.9 Å². The fourth-order valence-corrected chi connectivity index (χ4v) is 3.78. The largest absolute Gasteiger partial charge is 0.397 e. The van der Waals surface area contributed by atoms with Gasteiger partial charge in [-0.3, -0.25) is 0 Å². The van der Waals surface area contributed by atoms with Gasteiger partial charge in [-0.2, -0.15) is 4.98 Å². The Balaban J connectivity index is 1.50. The molecule has 0 spiro atoms. The van der Waals surface area contributed by atoms with Crippen LogP contribution >= 0.6 is 11.3 Å². The number of aromatic nitrogens is 4. The quantitative estimate of drug-likeness (QED) is 0.341. The molecule has 146 valence electrons. The molecule has 7 nitrogen and oxygen atoms in total. The molecule has 4 N–H and O–H groups in total. The summed E-state index contributed by atoms with van der Waals surface area (Å²) in [5, 5.41) is 17.5. The normalized spacial score (nSPS) is 10.8. The SMILES string of the molecule is Nc1ccccc1Nc1nc(Nc2nnc(-c3ccccc3)s2)c2ccccc2n1. The highest BCUT2D eigenvalue weighted by Crippen LogP contribution is 2.31. The van der Waals surface area contributed by atoms with Crippen LogP contribution in [0.5, 0.6) is 0 Å². The molecular formula is C22H17N7S. The van der Waals surface area contributed by atoms with Gasteiger partial charge in [0.1, 0.15) is 10.8 Å². The van der Waals surface area contributed by atoms with Crippen molar-refractivity contribution >= 4 is 50.5 Å². The molecule has 3 aromatic carbocycles. The molecule has 0 saturated carbocycles. The maximum absolute atomic E-state index is 6.05. The van der Waals surface area contributed by atoms with E-state index in [1.54, 1.807) is 0 Å². The van der Waals surface area contributed by atoms with Gasteiger partial charge < -0.3 is 16.4 Å². The van der Waals surface area contributed by atoms with E-state index in [0.29, 0.717) is 22.6 Å². The van der Waals surface area contributed by atoms with Crippen molar-refractivity contribution < 1.29 is 0 Å². The van der Waals surface area contributed by atoms with Crippen molar-refractivity contribution in [1.29, 1.82) is 0 Å². The van der Waals surface area contributed by atoms with Gasteiger partial charge >= 0.3 is 0 Å². The third-order valence-electron chi connectivity index (χ3n) is 4.48. The molecular weight excluding hydrogens is 394 g/mol. The van der Waals surface area contributed by atoms with Gasteiger partial charge in [-0.05, 0) is 24.3 Å². The van der Waals surface area contributed by atoms with Crippen LogP contribution in [0.1, 0.15) is 0 Å². The monoisotopic (exact) mass is 411 g/mol. The van der Waals surface area contributed by atoms with E-state index in [2.05, 4.69) is 30.8 Å². The lowest BCUT2D eigenvalue weighted by Gasteiger charge is -2.11. The molecule has 5 aromatic rings. The molecule has 0 saturated heterocycles.